The minimum atomic E-state index is 0. The van der Waals surface area contributed by atoms with Crippen LogP contribution in [0.25, 0.3) is 0 Å². The van der Waals surface area contributed by atoms with E-state index < -0.39 is 0 Å². The summed E-state index contributed by atoms with van der Waals surface area (Å²) in [5.74, 6) is 1.52. The predicted molar refractivity (Wildman–Crippen MR) is 114 cm³/mol. The van der Waals surface area contributed by atoms with Crippen LogP contribution in [0.5, 0.6) is 0 Å². The van der Waals surface area contributed by atoms with E-state index in [4.69, 9.17) is 21.1 Å². The molecule has 1 aromatic carbocycles. The molecule has 1 atom stereocenters. The lowest BCUT2D eigenvalue weighted by atomic mass is 10.1. The van der Waals surface area contributed by atoms with Gasteiger partial charge in [-0.1, -0.05) is 29.8 Å². The number of hydrogen-bond donors (Lipinski definition) is 1. The van der Waals surface area contributed by atoms with Gasteiger partial charge in [0, 0.05) is 44.7 Å². The lowest BCUT2D eigenvalue weighted by molar-refractivity contribution is 0.0536. The first-order valence-electron chi connectivity index (χ1n) is 8.50. The molecule has 25 heavy (non-hydrogen) atoms. The quantitative estimate of drug-likeness (QED) is 0.268. The first-order chi connectivity index (χ1) is 11.7. The molecule has 1 unspecified atom stereocenters. The van der Waals surface area contributed by atoms with Gasteiger partial charge in [-0.2, -0.15) is 0 Å². The van der Waals surface area contributed by atoms with Crippen molar-refractivity contribution in [2.45, 2.75) is 12.8 Å². The van der Waals surface area contributed by atoms with Crippen LogP contribution in [0.4, 0.5) is 0 Å². The molecule has 1 aliphatic heterocycles. The van der Waals surface area contributed by atoms with Crippen molar-refractivity contribution in [3.05, 3.63) is 34.9 Å². The van der Waals surface area contributed by atoms with Crippen molar-refractivity contribution in [3.63, 3.8) is 0 Å². The maximum absolute atomic E-state index is 6.20. The Morgan fingerprint density at radius 1 is 1.36 bits per heavy atom. The Kier molecular flexibility index (Phi) is 11.4. The fourth-order valence-corrected chi connectivity index (χ4v) is 3.13. The van der Waals surface area contributed by atoms with Gasteiger partial charge in [0.05, 0.1) is 19.8 Å². The molecule has 1 heterocycles. The van der Waals surface area contributed by atoms with Crippen LogP contribution in [0.15, 0.2) is 29.3 Å². The number of nitrogens with zero attached hydrogens (tertiary/aromatic N) is 2. The van der Waals surface area contributed by atoms with Crippen molar-refractivity contribution in [1.82, 2.24) is 10.2 Å². The lowest BCUT2D eigenvalue weighted by Gasteiger charge is -2.22. The van der Waals surface area contributed by atoms with Gasteiger partial charge >= 0.3 is 0 Å². The Morgan fingerprint density at radius 3 is 2.88 bits per heavy atom. The summed E-state index contributed by atoms with van der Waals surface area (Å²) >= 11 is 6.20. The van der Waals surface area contributed by atoms with Crippen molar-refractivity contribution in [2.75, 3.05) is 53.6 Å². The SMILES string of the molecule is CN=C(NCCc1ccccc1Cl)N1CCC(COCCOC)C1.I. The first kappa shape index (κ1) is 22.5. The summed E-state index contributed by atoms with van der Waals surface area (Å²) in [6.07, 6.45) is 2.02. The molecule has 0 spiro atoms. The van der Waals surface area contributed by atoms with Gasteiger partial charge in [-0.15, -0.1) is 24.0 Å². The zero-order chi connectivity index (χ0) is 17.2. The zero-order valence-corrected chi connectivity index (χ0v) is 18.1. The number of hydrogen-bond acceptors (Lipinski definition) is 3. The second kappa shape index (κ2) is 12.7. The van der Waals surface area contributed by atoms with Crippen LogP contribution in [0.1, 0.15) is 12.0 Å². The van der Waals surface area contributed by atoms with Gasteiger partial charge in [0.1, 0.15) is 0 Å². The molecule has 7 heteroatoms. The highest BCUT2D eigenvalue weighted by Crippen LogP contribution is 2.17. The number of aliphatic imine (C=N–C) groups is 1. The van der Waals surface area contributed by atoms with Crippen LogP contribution in [0.3, 0.4) is 0 Å². The number of methoxy groups -OCH3 is 1. The Bertz CT molecular complexity index is 531. The summed E-state index contributed by atoms with van der Waals surface area (Å²) in [5, 5.41) is 4.26. The molecule has 0 aliphatic carbocycles. The van der Waals surface area contributed by atoms with E-state index in [1.807, 2.05) is 25.2 Å². The Morgan fingerprint density at radius 2 is 2.16 bits per heavy atom. The van der Waals surface area contributed by atoms with E-state index in [1.54, 1.807) is 7.11 Å². The van der Waals surface area contributed by atoms with Crippen molar-refractivity contribution in [3.8, 4) is 0 Å². The van der Waals surface area contributed by atoms with Crippen molar-refractivity contribution in [1.29, 1.82) is 0 Å². The number of likely N-dealkylation sites (tertiary alicyclic amines) is 1. The summed E-state index contributed by atoms with van der Waals surface area (Å²) in [7, 11) is 3.53. The second-order valence-electron chi connectivity index (χ2n) is 5.98. The Labute approximate surface area is 173 Å². The monoisotopic (exact) mass is 481 g/mol. The second-order valence-corrected chi connectivity index (χ2v) is 6.39. The molecule has 0 bridgehead atoms. The molecule has 0 amide bonds. The largest absolute Gasteiger partial charge is 0.382 e. The van der Waals surface area contributed by atoms with Crippen LogP contribution < -0.4 is 5.32 Å². The van der Waals surface area contributed by atoms with E-state index in [9.17, 15) is 0 Å². The molecule has 2 rings (SSSR count). The molecule has 1 aliphatic rings. The maximum Gasteiger partial charge on any atom is 0.193 e. The van der Waals surface area contributed by atoms with Crippen LogP contribution in [-0.4, -0.2) is 64.5 Å². The minimum Gasteiger partial charge on any atom is -0.382 e. The molecule has 1 aromatic rings. The predicted octanol–water partition coefficient (Wildman–Crippen LogP) is 3.06. The Balaban J connectivity index is 0.00000312. The highest BCUT2D eigenvalue weighted by Gasteiger charge is 2.24. The standard InChI is InChI=1S/C18H28ClN3O2.HI/c1-20-18(21-9-7-16-5-3-4-6-17(16)19)22-10-8-15(13-22)14-24-12-11-23-2;/h3-6,15H,7-14H2,1-2H3,(H,20,21);1H. The van der Waals surface area contributed by atoms with Crippen LogP contribution in [-0.2, 0) is 15.9 Å². The number of benzene rings is 1. The molecule has 142 valence electrons. The van der Waals surface area contributed by atoms with Crippen molar-refractivity contribution >= 4 is 41.5 Å². The van der Waals surface area contributed by atoms with Gasteiger partial charge in [-0.05, 0) is 24.5 Å². The highest BCUT2D eigenvalue weighted by molar-refractivity contribution is 14.0. The fourth-order valence-electron chi connectivity index (χ4n) is 2.90. The topological polar surface area (TPSA) is 46.1 Å². The van der Waals surface area contributed by atoms with E-state index in [1.165, 1.54) is 0 Å². The van der Waals surface area contributed by atoms with Crippen LogP contribution in [0.2, 0.25) is 5.02 Å². The molecule has 1 fully saturated rings. The number of nitrogens with one attached hydrogen (secondary N) is 1. The van der Waals surface area contributed by atoms with E-state index in [2.05, 4.69) is 21.3 Å². The van der Waals surface area contributed by atoms with Gasteiger partial charge in [-0.3, -0.25) is 4.99 Å². The number of halogens is 2. The Hall–Kier alpha value is -0.570. The molecular formula is C18H29ClIN3O2. The van der Waals surface area contributed by atoms with Crippen LogP contribution in [0, 0.1) is 5.92 Å². The normalized spacial score (nSPS) is 17.5. The molecule has 0 saturated carbocycles. The summed E-state index contributed by atoms with van der Waals surface area (Å²) < 4.78 is 10.6. The van der Waals surface area contributed by atoms with Crippen molar-refractivity contribution in [2.24, 2.45) is 10.9 Å². The molecule has 0 radical (unpaired) electrons. The molecule has 5 nitrogen and oxygen atoms in total. The van der Waals surface area contributed by atoms with Gasteiger partial charge in [0.2, 0.25) is 0 Å². The fraction of sp³-hybridized carbons (Fsp3) is 0.611. The van der Waals surface area contributed by atoms with E-state index in [0.717, 1.165) is 55.6 Å². The third-order valence-corrected chi connectivity index (χ3v) is 4.59. The van der Waals surface area contributed by atoms with Crippen LogP contribution >= 0.6 is 35.6 Å². The van der Waals surface area contributed by atoms with Crippen molar-refractivity contribution < 1.29 is 9.47 Å². The zero-order valence-electron chi connectivity index (χ0n) is 15.0. The lowest BCUT2D eigenvalue weighted by Crippen LogP contribution is -2.41. The molecule has 0 aromatic heterocycles. The van der Waals surface area contributed by atoms with Gasteiger partial charge < -0.3 is 19.7 Å². The summed E-state index contributed by atoms with van der Waals surface area (Å²) in [6.45, 7) is 4.93. The number of guanidine groups is 1. The maximum atomic E-state index is 6.20. The van der Waals surface area contributed by atoms with Gasteiger partial charge in [-0.25, -0.2) is 0 Å². The number of rotatable bonds is 8. The highest BCUT2D eigenvalue weighted by atomic mass is 127. The third-order valence-electron chi connectivity index (χ3n) is 4.22. The first-order valence-corrected chi connectivity index (χ1v) is 8.88. The summed E-state index contributed by atoms with van der Waals surface area (Å²) in [6, 6.07) is 7.97. The van der Waals surface area contributed by atoms with Gasteiger partial charge in [0.15, 0.2) is 5.96 Å². The molecule has 1 saturated heterocycles. The minimum absolute atomic E-state index is 0. The van der Waals surface area contributed by atoms with E-state index in [-0.39, 0.29) is 24.0 Å². The average molecular weight is 482 g/mol. The molecule has 1 N–H and O–H groups in total. The molecular weight excluding hydrogens is 453 g/mol. The van der Waals surface area contributed by atoms with Gasteiger partial charge in [0.25, 0.3) is 0 Å². The smallest absolute Gasteiger partial charge is 0.193 e. The van der Waals surface area contributed by atoms with E-state index in [0.29, 0.717) is 19.1 Å². The summed E-state index contributed by atoms with van der Waals surface area (Å²) in [4.78, 5) is 6.71. The summed E-state index contributed by atoms with van der Waals surface area (Å²) in [5.41, 5.74) is 1.16. The average Bonchev–Trinajstić information content (AvgIpc) is 3.06. The number of ether oxygens (including phenoxy) is 2. The van der Waals surface area contributed by atoms with E-state index >= 15 is 0 Å². The third kappa shape index (κ3) is 7.68.